The minimum atomic E-state index is -0.609. The van der Waals surface area contributed by atoms with Crippen molar-refractivity contribution in [2.45, 2.75) is 13.2 Å². The van der Waals surface area contributed by atoms with Crippen LogP contribution in [0.5, 0.6) is 11.5 Å². The summed E-state index contributed by atoms with van der Waals surface area (Å²) < 4.78 is 18.3. The Labute approximate surface area is 110 Å². The van der Waals surface area contributed by atoms with Crippen LogP contribution in [0.4, 0.5) is 4.39 Å². The van der Waals surface area contributed by atoms with Crippen LogP contribution >= 0.6 is 11.6 Å². The van der Waals surface area contributed by atoms with Crippen molar-refractivity contribution in [1.29, 1.82) is 0 Å². The molecule has 0 unspecified atom stereocenters. The first-order valence-electron chi connectivity index (χ1n) is 5.54. The van der Waals surface area contributed by atoms with Gasteiger partial charge in [-0.3, -0.25) is 0 Å². The number of alkyl halides is 1. The van der Waals surface area contributed by atoms with Gasteiger partial charge in [-0.05, 0) is 35.9 Å². The zero-order valence-electron chi connectivity index (χ0n) is 9.70. The van der Waals surface area contributed by atoms with Crippen LogP contribution in [-0.2, 0) is 13.2 Å². The Hall–Kier alpha value is -1.58. The van der Waals surface area contributed by atoms with Crippen molar-refractivity contribution in [3.8, 4) is 11.5 Å². The van der Waals surface area contributed by atoms with Crippen molar-refractivity contribution in [2.75, 3.05) is 0 Å². The molecule has 0 aromatic heterocycles. The van der Waals surface area contributed by atoms with E-state index in [1.807, 2.05) is 24.3 Å². The molecule has 2 N–H and O–H groups in total. The van der Waals surface area contributed by atoms with Crippen LogP contribution in [-0.4, -0.2) is 0 Å². The van der Waals surface area contributed by atoms with E-state index in [1.165, 1.54) is 0 Å². The summed E-state index contributed by atoms with van der Waals surface area (Å²) in [6.07, 6.45) is 0. The molecule has 0 aliphatic heterocycles. The summed E-state index contributed by atoms with van der Waals surface area (Å²) >= 11 is 5.83. The molecule has 0 heterocycles. The molecule has 0 amide bonds. The van der Waals surface area contributed by atoms with Gasteiger partial charge in [-0.15, -0.1) is 0 Å². The fraction of sp³-hybridized carbons (Fsp3) is 0.143. The number of ether oxygens (including phenoxy) is 1. The van der Waals surface area contributed by atoms with Gasteiger partial charge < -0.3 is 10.5 Å². The molecule has 2 aromatic rings. The Balaban J connectivity index is 2.17. The highest BCUT2D eigenvalue weighted by atomic mass is 35.5. The van der Waals surface area contributed by atoms with Gasteiger partial charge in [0.1, 0.15) is 18.2 Å². The molecule has 0 bridgehead atoms. The Morgan fingerprint density at radius 2 is 1.72 bits per heavy atom. The van der Waals surface area contributed by atoms with Gasteiger partial charge in [-0.1, -0.05) is 23.7 Å². The Morgan fingerprint density at radius 3 is 2.33 bits per heavy atom. The molecule has 2 aromatic carbocycles. The molecule has 0 spiro atoms. The van der Waals surface area contributed by atoms with Gasteiger partial charge in [-0.25, -0.2) is 4.39 Å². The van der Waals surface area contributed by atoms with Crippen LogP contribution in [0.15, 0.2) is 42.5 Å². The molecule has 0 fully saturated rings. The second kappa shape index (κ2) is 5.85. The van der Waals surface area contributed by atoms with Crippen molar-refractivity contribution in [1.82, 2.24) is 0 Å². The maximum Gasteiger partial charge on any atom is 0.127 e. The van der Waals surface area contributed by atoms with Crippen LogP contribution in [0.1, 0.15) is 11.1 Å². The Bertz CT molecular complexity index is 528. The molecule has 2 nitrogen and oxygen atoms in total. The zero-order chi connectivity index (χ0) is 13.0. The molecule has 0 aliphatic carbocycles. The Morgan fingerprint density at radius 1 is 1.06 bits per heavy atom. The van der Waals surface area contributed by atoms with Gasteiger partial charge in [0.15, 0.2) is 0 Å². The fourth-order valence-electron chi connectivity index (χ4n) is 1.55. The van der Waals surface area contributed by atoms with Crippen molar-refractivity contribution in [3.63, 3.8) is 0 Å². The van der Waals surface area contributed by atoms with Crippen molar-refractivity contribution in [3.05, 3.63) is 58.6 Å². The summed E-state index contributed by atoms with van der Waals surface area (Å²) in [7, 11) is 0. The lowest BCUT2D eigenvalue weighted by molar-refractivity contribution is 0.468. The van der Waals surface area contributed by atoms with E-state index in [9.17, 15) is 4.39 Å². The number of benzene rings is 2. The second-order valence-corrected chi connectivity index (χ2v) is 4.24. The van der Waals surface area contributed by atoms with Crippen LogP contribution in [0.3, 0.4) is 0 Å². The molecule has 0 radical (unpaired) electrons. The topological polar surface area (TPSA) is 35.2 Å². The van der Waals surface area contributed by atoms with Gasteiger partial charge in [0.05, 0.1) is 0 Å². The molecule has 2 rings (SSSR count). The first-order valence-corrected chi connectivity index (χ1v) is 5.92. The number of rotatable bonds is 4. The van der Waals surface area contributed by atoms with E-state index in [2.05, 4.69) is 0 Å². The van der Waals surface area contributed by atoms with Crippen molar-refractivity contribution in [2.24, 2.45) is 5.73 Å². The molecule has 0 atom stereocenters. The highest BCUT2D eigenvalue weighted by molar-refractivity contribution is 6.31. The molecular formula is C14H13ClFNO. The highest BCUT2D eigenvalue weighted by Crippen LogP contribution is 2.27. The predicted molar refractivity (Wildman–Crippen MR) is 70.7 cm³/mol. The lowest BCUT2D eigenvalue weighted by atomic mass is 10.2. The molecular weight excluding hydrogens is 253 g/mol. The van der Waals surface area contributed by atoms with Gasteiger partial charge in [0.25, 0.3) is 0 Å². The van der Waals surface area contributed by atoms with Crippen LogP contribution in [0, 0.1) is 0 Å². The average Bonchev–Trinajstić information content (AvgIpc) is 2.42. The number of hydrogen-bond acceptors (Lipinski definition) is 2. The van der Waals surface area contributed by atoms with E-state index in [4.69, 9.17) is 22.1 Å². The van der Waals surface area contributed by atoms with E-state index in [-0.39, 0.29) is 0 Å². The third-order valence-electron chi connectivity index (χ3n) is 2.56. The van der Waals surface area contributed by atoms with Crippen LogP contribution in [0.2, 0.25) is 5.02 Å². The maximum absolute atomic E-state index is 12.6. The minimum Gasteiger partial charge on any atom is -0.457 e. The molecule has 4 heteroatoms. The van der Waals surface area contributed by atoms with Gasteiger partial charge in [-0.2, -0.15) is 0 Å². The number of hydrogen-bond donors (Lipinski definition) is 1. The number of halogens is 2. The lowest BCUT2D eigenvalue weighted by Gasteiger charge is -2.08. The third kappa shape index (κ3) is 3.00. The summed E-state index contributed by atoms with van der Waals surface area (Å²) in [5.74, 6) is 1.24. The van der Waals surface area contributed by atoms with Gasteiger partial charge in [0, 0.05) is 17.1 Å². The zero-order valence-corrected chi connectivity index (χ0v) is 10.5. The summed E-state index contributed by atoms with van der Waals surface area (Å²) in [4.78, 5) is 0. The van der Waals surface area contributed by atoms with E-state index < -0.39 is 6.67 Å². The lowest BCUT2D eigenvalue weighted by Crippen LogP contribution is -1.95. The summed E-state index contributed by atoms with van der Waals surface area (Å²) in [6, 6.07) is 12.4. The summed E-state index contributed by atoms with van der Waals surface area (Å²) in [6.45, 7) is -0.116. The van der Waals surface area contributed by atoms with E-state index in [0.717, 1.165) is 5.56 Å². The quantitative estimate of drug-likeness (QED) is 0.905. The average molecular weight is 266 g/mol. The second-order valence-electron chi connectivity index (χ2n) is 3.84. The maximum atomic E-state index is 12.6. The first kappa shape index (κ1) is 12.9. The SMILES string of the molecule is NCc1ccc(Oc2ccc(Cl)c(CF)c2)cc1. The van der Waals surface area contributed by atoms with E-state index >= 15 is 0 Å². The first-order chi connectivity index (χ1) is 8.72. The highest BCUT2D eigenvalue weighted by Gasteiger charge is 2.03. The van der Waals surface area contributed by atoms with Crippen LogP contribution < -0.4 is 10.5 Å². The molecule has 0 aliphatic rings. The van der Waals surface area contributed by atoms with Crippen molar-refractivity contribution < 1.29 is 9.13 Å². The van der Waals surface area contributed by atoms with Crippen LogP contribution in [0.25, 0.3) is 0 Å². The third-order valence-corrected chi connectivity index (χ3v) is 2.92. The predicted octanol–water partition coefficient (Wildman–Crippen LogP) is 4.06. The smallest absolute Gasteiger partial charge is 0.127 e. The fourth-order valence-corrected chi connectivity index (χ4v) is 1.71. The van der Waals surface area contributed by atoms with E-state index in [0.29, 0.717) is 28.6 Å². The molecule has 94 valence electrons. The van der Waals surface area contributed by atoms with Gasteiger partial charge >= 0.3 is 0 Å². The van der Waals surface area contributed by atoms with Gasteiger partial charge in [0.2, 0.25) is 0 Å². The largest absolute Gasteiger partial charge is 0.457 e. The summed E-state index contributed by atoms with van der Waals surface area (Å²) in [5.41, 5.74) is 6.96. The summed E-state index contributed by atoms with van der Waals surface area (Å²) in [5, 5.41) is 0.406. The molecule has 0 saturated heterocycles. The normalized spacial score (nSPS) is 10.4. The van der Waals surface area contributed by atoms with E-state index in [1.54, 1.807) is 18.2 Å². The monoisotopic (exact) mass is 265 g/mol. The molecule has 18 heavy (non-hydrogen) atoms. The minimum absolute atomic E-state index is 0.406. The Kier molecular flexibility index (Phi) is 4.18. The van der Waals surface area contributed by atoms with Crippen molar-refractivity contribution >= 4 is 11.6 Å². The number of nitrogens with two attached hydrogens (primary N) is 1. The molecule has 0 saturated carbocycles. The standard InChI is InChI=1S/C14H13ClFNO/c15-14-6-5-13(7-11(14)8-16)18-12-3-1-10(9-17)2-4-12/h1-7H,8-9,17H2.